The fourth-order valence-electron chi connectivity index (χ4n) is 4.20. The van der Waals surface area contributed by atoms with Crippen molar-refractivity contribution < 1.29 is 13.2 Å². The molecular weight excluding hydrogens is 456 g/mol. The number of aryl methyl sites for hydroxylation is 2. The van der Waals surface area contributed by atoms with Crippen LogP contribution in [0.3, 0.4) is 0 Å². The molecule has 2 aromatic heterocycles. The molecule has 11 heteroatoms. The molecule has 184 valence electrons. The first kappa shape index (κ1) is 24.4. The number of hydrogen-bond acceptors (Lipinski definition) is 7. The van der Waals surface area contributed by atoms with Crippen molar-refractivity contribution in [1.29, 1.82) is 0 Å². The Morgan fingerprint density at radius 2 is 1.85 bits per heavy atom. The maximum Gasteiger partial charge on any atom is 0.277 e. The van der Waals surface area contributed by atoms with Crippen LogP contribution in [-0.4, -0.2) is 77.2 Å². The molecule has 10 nitrogen and oxygen atoms in total. The summed E-state index contributed by atoms with van der Waals surface area (Å²) in [6, 6.07) is 4.73. The molecule has 1 fully saturated rings. The van der Waals surface area contributed by atoms with E-state index < -0.39 is 10.0 Å². The molecular formula is C23H32N6O4S. The monoisotopic (exact) mass is 488 g/mol. The number of nitrogens with one attached hydrogen (secondary N) is 1. The largest absolute Gasteiger partial charge is 0.493 e. The summed E-state index contributed by atoms with van der Waals surface area (Å²) in [6.07, 6.45) is 2.63. The van der Waals surface area contributed by atoms with Gasteiger partial charge < -0.3 is 14.6 Å². The predicted molar refractivity (Wildman–Crippen MR) is 131 cm³/mol. The van der Waals surface area contributed by atoms with Crippen molar-refractivity contribution in [3.8, 4) is 17.1 Å². The van der Waals surface area contributed by atoms with E-state index in [9.17, 15) is 13.2 Å². The zero-order valence-electron chi connectivity index (χ0n) is 20.2. The smallest absolute Gasteiger partial charge is 0.277 e. The summed E-state index contributed by atoms with van der Waals surface area (Å²) < 4.78 is 35.5. The Morgan fingerprint density at radius 1 is 1.12 bits per heavy atom. The van der Waals surface area contributed by atoms with E-state index >= 15 is 0 Å². The zero-order chi connectivity index (χ0) is 24.5. The number of benzene rings is 1. The van der Waals surface area contributed by atoms with E-state index in [-0.39, 0.29) is 16.3 Å². The average Bonchev–Trinajstić information content (AvgIpc) is 3.14. The number of rotatable bonds is 8. The van der Waals surface area contributed by atoms with Crippen LogP contribution in [0.25, 0.3) is 22.4 Å². The number of hydrogen-bond donors (Lipinski definition) is 1. The van der Waals surface area contributed by atoms with Crippen LogP contribution >= 0.6 is 0 Å². The van der Waals surface area contributed by atoms with Crippen LogP contribution in [-0.2, 0) is 23.5 Å². The van der Waals surface area contributed by atoms with Gasteiger partial charge in [-0.2, -0.15) is 9.40 Å². The normalized spacial score (nSPS) is 15.8. The SMILES string of the molecule is CCCCc1nn(C)c2c(=O)[nH]c(-c3cc(S(=O)(=O)N4CCN(C)CC4)ccc3OCC)nc12. The molecule has 0 spiro atoms. The highest BCUT2D eigenvalue weighted by molar-refractivity contribution is 7.89. The molecule has 3 heterocycles. The van der Waals surface area contributed by atoms with Crippen molar-refractivity contribution in [3.05, 3.63) is 34.2 Å². The number of nitrogens with zero attached hydrogens (tertiary/aromatic N) is 5. The molecule has 1 saturated heterocycles. The molecule has 1 N–H and O–H groups in total. The molecule has 1 aliphatic rings. The Hall–Kier alpha value is -2.76. The van der Waals surface area contributed by atoms with Gasteiger partial charge in [0.2, 0.25) is 10.0 Å². The summed E-state index contributed by atoms with van der Waals surface area (Å²) in [4.78, 5) is 22.8. The molecule has 0 amide bonds. The average molecular weight is 489 g/mol. The van der Waals surface area contributed by atoms with Crippen LogP contribution < -0.4 is 10.3 Å². The van der Waals surface area contributed by atoms with Crippen LogP contribution in [0.2, 0.25) is 0 Å². The third-order valence-electron chi connectivity index (χ3n) is 6.14. The molecule has 1 aliphatic heterocycles. The van der Waals surface area contributed by atoms with Gasteiger partial charge in [0.05, 0.1) is 22.8 Å². The molecule has 3 aromatic rings. The van der Waals surface area contributed by atoms with Gasteiger partial charge in [0.15, 0.2) is 5.52 Å². The summed E-state index contributed by atoms with van der Waals surface area (Å²) >= 11 is 0. The van der Waals surface area contributed by atoms with Gasteiger partial charge in [0, 0.05) is 33.2 Å². The van der Waals surface area contributed by atoms with Gasteiger partial charge in [-0.25, -0.2) is 13.4 Å². The lowest BCUT2D eigenvalue weighted by atomic mass is 10.1. The first-order chi connectivity index (χ1) is 16.3. The van der Waals surface area contributed by atoms with Crippen LogP contribution in [0.15, 0.2) is 27.9 Å². The van der Waals surface area contributed by atoms with Gasteiger partial charge in [-0.1, -0.05) is 13.3 Å². The number of sulfonamides is 1. The first-order valence-corrected chi connectivity index (χ1v) is 13.1. The minimum Gasteiger partial charge on any atom is -0.493 e. The maximum absolute atomic E-state index is 13.4. The van der Waals surface area contributed by atoms with Crippen molar-refractivity contribution in [1.82, 2.24) is 29.0 Å². The number of unbranched alkanes of at least 4 members (excludes halogenated alkanes) is 1. The molecule has 1 aromatic carbocycles. The van der Waals surface area contributed by atoms with Gasteiger partial charge in [0.25, 0.3) is 5.56 Å². The number of likely N-dealkylation sites (N-methyl/N-ethyl adjacent to an activating group) is 1. The van der Waals surface area contributed by atoms with Gasteiger partial charge >= 0.3 is 0 Å². The quantitative estimate of drug-likeness (QED) is 0.516. The summed E-state index contributed by atoms with van der Waals surface area (Å²) in [7, 11) is 0.000453. The van der Waals surface area contributed by atoms with Gasteiger partial charge in [0.1, 0.15) is 17.1 Å². The molecule has 0 atom stereocenters. The molecule has 0 saturated carbocycles. The van der Waals surface area contributed by atoms with Crippen LogP contribution in [0.5, 0.6) is 5.75 Å². The number of H-pyrrole nitrogens is 1. The van der Waals surface area contributed by atoms with Crippen molar-refractivity contribution in [2.45, 2.75) is 38.0 Å². The van der Waals surface area contributed by atoms with E-state index in [1.165, 1.54) is 4.31 Å². The van der Waals surface area contributed by atoms with E-state index in [0.29, 0.717) is 61.6 Å². The molecule has 34 heavy (non-hydrogen) atoms. The molecule has 0 aliphatic carbocycles. The van der Waals surface area contributed by atoms with E-state index in [1.54, 1.807) is 29.9 Å². The maximum atomic E-state index is 13.4. The number of piperazine rings is 1. The highest BCUT2D eigenvalue weighted by Gasteiger charge is 2.29. The van der Waals surface area contributed by atoms with Crippen molar-refractivity contribution in [2.24, 2.45) is 7.05 Å². The molecule has 0 bridgehead atoms. The third kappa shape index (κ3) is 4.59. The van der Waals surface area contributed by atoms with Gasteiger partial charge in [-0.05, 0) is 45.0 Å². The van der Waals surface area contributed by atoms with Gasteiger partial charge in [-0.15, -0.1) is 0 Å². The Kier molecular flexibility index (Phi) is 7.06. The highest BCUT2D eigenvalue weighted by Crippen LogP contribution is 2.32. The zero-order valence-corrected chi connectivity index (χ0v) is 21.0. The van der Waals surface area contributed by atoms with E-state index in [1.807, 2.05) is 14.0 Å². The molecule has 4 rings (SSSR count). The summed E-state index contributed by atoms with van der Waals surface area (Å²) in [5.41, 5.74) is 1.79. The van der Waals surface area contributed by atoms with Crippen LogP contribution in [0, 0.1) is 0 Å². The molecule has 0 radical (unpaired) electrons. The summed E-state index contributed by atoms with van der Waals surface area (Å²) in [5, 5.41) is 4.50. The summed E-state index contributed by atoms with van der Waals surface area (Å²) in [5.74, 6) is 0.725. The topological polar surface area (TPSA) is 113 Å². The minimum absolute atomic E-state index is 0.149. The Bertz CT molecular complexity index is 1340. The third-order valence-corrected chi connectivity index (χ3v) is 8.03. The lowest BCUT2D eigenvalue weighted by molar-refractivity contribution is 0.222. The van der Waals surface area contributed by atoms with Gasteiger partial charge in [-0.3, -0.25) is 9.48 Å². The van der Waals surface area contributed by atoms with Crippen LogP contribution in [0.4, 0.5) is 0 Å². The fraction of sp³-hybridized carbons (Fsp3) is 0.522. The van der Waals surface area contributed by atoms with E-state index in [0.717, 1.165) is 18.5 Å². The highest BCUT2D eigenvalue weighted by atomic mass is 32.2. The Balaban J connectivity index is 1.84. The van der Waals surface area contributed by atoms with Crippen molar-refractivity contribution in [3.63, 3.8) is 0 Å². The second-order valence-electron chi connectivity index (χ2n) is 8.58. The predicted octanol–water partition coefficient (Wildman–Crippen LogP) is 2.00. The first-order valence-electron chi connectivity index (χ1n) is 11.7. The van der Waals surface area contributed by atoms with Crippen molar-refractivity contribution in [2.75, 3.05) is 39.8 Å². The number of ether oxygens (including phenoxy) is 1. The standard InChI is InChI=1S/C23H32N6O4S/c1-5-7-8-18-20-21(28(4)26-18)23(30)25-22(24-20)17-15-16(9-10-19(17)33-6-2)34(31,32)29-13-11-27(3)12-14-29/h9-10,15H,5-8,11-14H2,1-4H3,(H,24,25,30). The number of aromatic nitrogens is 4. The molecule has 0 unspecified atom stereocenters. The second-order valence-corrected chi connectivity index (χ2v) is 10.5. The summed E-state index contributed by atoms with van der Waals surface area (Å²) in [6.45, 7) is 6.54. The lowest BCUT2D eigenvalue weighted by Crippen LogP contribution is -2.47. The lowest BCUT2D eigenvalue weighted by Gasteiger charge is -2.31. The van der Waals surface area contributed by atoms with Crippen molar-refractivity contribution >= 4 is 21.1 Å². The van der Waals surface area contributed by atoms with Crippen LogP contribution in [0.1, 0.15) is 32.4 Å². The Morgan fingerprint density at radius 3 is 2.53 bits per heavy atom. The minimum atomic E-state index is -3.70. The van der Waals surface area contributed by atoms with E-state index in [2.05, 4.69) is 21.9 Å². The number of fused-ring (bicyclic) bond motifs is 1. The second kappa shape index (κ2) is 9.85. The number of aromatic amines is 1. The Labute approximate surface area is 199 Å². The van der Waals surface area contributed by atoms with E-state index in [4.69, 9.17) is 9.72 Å². The fourth-order valence-corrected chi connectivity index (χ4v) is 5.65.